The molecule has 0 radical (unpaired) electrons. The van der Waals surface area contributed by atoms with Gasteiger partial charge in [-0.1, -0.05) is 0 Å². The van der Waals surface area contributed by atoms with Crippen LogP contribution in [0.25, 0.3) is 0 Å². The van der Waals surface area contributed by atoms with E-state index in [-0.39, 0.29) is 0 Å². The summed E-state index contributed by atoms with van der Waals surface area (Å²) in [5.74, 6) is -4.19. The van der Waals surface area contributed by atoms with Crippen LogP contribution in [-0.4, -0.2) is 73.6 Å². The summed E-state index contributed by atoms with van der Waals surface area (Å²) in [6.07, 6.45) is -5.42. The third-order valence-corrected chi connectivity index (χ3v) is 6.06. The quantitative estimate of drug-likeness (QED) is 0.510. The van der Waals surface area contributed by atoms with Crippen molar-refractivity contribution >= 4 is 23.3 Å². The number of halogens is 6. The van der Waals surface area contributed by atoms with E-state index < -0.39 is 24.3 Å². The van der Waals surface area contributed by atoms with Gasteiger partial charge in [0.25, 0.3) is 0 Å². The third-order valence-electron chi connectivity index (χ3n) is 5.23. The molecule has 3 heterocycles. The summed E-state index contributed by atoms with van der Waals surface area (Å²) in [6, 6.07) is 0. The standard InChI is InChI=1S/C17H24N4OS.2C2HF3O2/c1-12-19-15(10-23-12)9-22-8-14-6-21(5-13-3-4-13)7-16-17(14)20(2)11-18-16;2*3-2(4,5)1(6)7/h10-11,13-14H,3-9H2,1-2H3;2*(H,6,7). The van der Waals surface area contributed by atoms with E-state index in [1.165, 1.54) is 30.8 Å². The summed E-state index contributed by atoms with van der Waals surface area (Å²) in [5.41, 5.74) is 3.63. The Balaban J connectivity index is 0.000000286. The average Bonchev–Trinajstić information content (AvgIpc) is 3.36. The lowest BCUT2D eigenvalue weighted by Crippen LogP contribution is -2.37. The maximum atomic E-state index is 10.6. The molecule has 0 saturated heterocycles. The molecule has 208 valence electrons. The van der Waals surface area contributed by atoms with E-state index in [0.29, 0.717) is 12.5 Å². The third kappa shape index (κ3) is 10.3. The number of thiazole rings is 1. The van der Waals surface area contributed by atoms with E-state index >= 15 is 0 Å². The van der Waals surface area contributed by atoms with Crippen molar-refractivity contribution < 1.29 is 50.9 Å². The van der Waals surface area contributed by atoms with Gasteiger partial charge in [0.05, 0.1) is 35.9 Å². The highest BCUT2D eigenvalue weighted by Gasteiger charge is 2.39. The molecule has 9 nitrogen and oxygen atoms in total. The predicted octanol–water partition coefficient (Wildman–Crippen LogP) is 3.98. The summed E-state index contributed by atoms with van der Waals surface area (Å²) in [5, 5.41) is 17.4. The second kappa shape index (κ2) is 12.7. The van der Waals surface area contributed by atoms with Crippen molar-refractivity contribution in [1.29, 1.82) is 0 Å². The van der Waals surface area contributed by atoms with Crippen molar-refractivity contribution in [3.05, 3.63) is 33.8 Å². The number of aliphatic carboxylic acids is 2. The lowest BCUT2D eigenvalue weighted by Gasteiger charge is -2.32. The van der Waals surface area contributed by atoms with Gasteiger partial charge in [0.1, 0.15) is 0 Å². The van der Waals surface area contributed by atoms with Crippen molar-refractivity contribution in [2.24, 2.45) is 13.0 Å². The van der Waals surface area contributed by atoms with Crippen molar-refractivity contribution in [3.63, 3.8) is 0 Å². The molecule has 37 heavy (non-hydrogen) atoms. The molecule has 1 aliphatic heterocycles. The Morgan fingerprint density at radius 3 is 2.16 bits per heavy atom. The second-order valence-electron chi connectivity index (χ2n) is 8.50. The number of rotatable bonds is 6. The molecule has 2 N–H and O–H groups in total. The summed E-state index contributed by atoms with van der Waals surface area (Å²) in [6.45, 7) is 6.68. The van der Waals surface area contributed by atoms with E-state index in [0.717, 1.165) is 36.3 Å². The molecular weight excluding hydrogens is 534 g/mol. The maximum Gasteiger partial charge on any atom is 0.490 e. The van der Waals surface area contributed by atoms with Crippen LogP contribution in [0.4, 0.5) is 26.3 Å². The number of ether oxygens (including phenoxy) is 1. The topological polar surface area (TPSA) is 118 Å². The Bertz CT molecular complexity index is 1030. The largest absolute Gasteiger partial charge is 0.490 e. The Morgan fingerprint density at radius 2 is 1.70 bits per heavy atom. The smallest absolute Gasteiger partial charge is 0.475 e. The van der Waals surface area contributed by atoms with E-state index in [9.17, 15) is 26.3 Å². The number of imidazole rings is 1. The number of alkyl halides is 6. The van der Waals surface area contributed by atoms with E-state index in [4.69, 9.17) is 24.5 Å². The van der Waals surface area contributed by atoms with E-state index in [2.05, 4.69) is 31.9 Å². The number of carbonyl (C=O) groups is 2. The molecule has 1 fully saturated rings. The van der Waals surface area contributed by atoms with Crippen LogP contribution in [0.1, 0.15) is 40.8 Å². The minimum Gasteiger partial charge on any atom is -0.475 e. The Morgan fingerprint density at radius 1 is 1.14 bits per heavy atom. The van der Waals surface area contributed by atoms with Gasteiger partial charge in [0, 0.05) is 43.7 Å². The van der Waals surface area contributed by atoms with Gasteiger partial charge in [-0.05, 0) is 25.7 Å². The molecule has 0 spiro atoms. The minimum absolute atomic E-state index is 0.407. The number of hydrogen-bond acceptors (Lipinski definition) is 7. The number of fused-ring (bicyclic) bond motifs is 1. The molecule has 4 rings (SSSR count). The molecule has 1 aliphatic carbocycles. The molecule has 2 aliphatic rings. The van der Waals surface area contributed by atoms with Gasteiger partial charge in [-0.15, -0.1) is 11.3 Å². The number of carboxylic acid groups (broad SMARTS) is 2. The van der Waals surface area contributed by atoms with Crippen molar-refractivity contribution in [2.75, 3.05) is 19.7 Å². The molecule has 16 heteroatoms. The molecule has 0 aromatic carbocycles. The SMILES string of the molecule is Cc1nc(COCC2CN(CC3CC3)Cc3ncn(C)c32)cs1.O=C(O)C(F)(F)F.O=C(O)C(F)(F)F. The van der Waals surface area contributed by atoms with Crippen molar-refractivity contribution in [1.82, 2.24) is 19.4 Å². The number of hydrogen-bond donors (Lipinski definition) is 2. The summed E-state index contributed by atoms with van der Waals surface area (Å²) < 4.78 is 71.6. The van der Waals surface area contributed by atoms with Crippen LogP contribution in [-0.2, 0) is 34.5 Å². The molecule has 1 atom stereocenters. The highest BCUT2D eigenvalue weighted by atomic mass is 32.1. The molecule has 2 aromatic heterocycles. The maximum absolute atomic E-state index is 10.6. The van der Waals surface area contributed by atoms with Crippen LogP contribution >= 0.6 is 11.3 Å². The van der Waals surface area contributed by atoms with Gasteiger partial charge in [-0.3, -0.25) is 4.90 Å². The fourth-order valence-electron chi connectivity index (χ4n) is 3.52. The monoisotopic (exact) mass is 560 g/mol. The summed E-state index contributed by atoms with van der Waals surface area (Å²) in [7, 11) is 2.10. The Hall–Kier alpha value is -2.72. The van der Waals surface area contributed by atoms with Crippen molar-refractivity contribution in [2.45, 2.75) is 51.2 Å². The van der Waals surface area contributed by atoms with Crippen LogP contribution in [0.15, 0.2) is 11.7 Å². The zero-order valence-corrected chi connectivity index (χ0v) is 20.7. The average molecular weight is 561 g/mol. The summed E-state index contributed by atoms with van der Waals surface area (Å²) >= 11 is 1.68. The summed E-state index contributed by atoms with van der Waals surface area (Å²) in [4.78, 5) is 29.4. The van der Waals surface area contributed by atoms with E-state index in [1.54, 1.807) is 11.3 Å². The van der Waals surface area contributed by atoms with Crippen LogP contribution in [0.5, 0.6) is 0 Å². The highest BCUT2D eigenvalue weighted by Crippen LogP contribution is 2.34. The van der Waals surface area contributed by atoms with Crippen LogP contribution in [0.2, 0.25) is 0 Å². The second-order valence-corrected chi connectivity index (χ2v) is 9.56. The zero-order valence-electron chi connectivity index (χ0n) is 19.8. The van der Waals surface area contributed by atoms with Gasteiger partial charge >= 0.3 is 24.3 Å². The molecular formula is C21H26F6N4O5S. The molecule has 0 amide bonds. The highest BCUT2D eigenvalue weighted by molar-refractivity contribution is 7.09. The van der Waals surface area contributed by atoms with Gasteiger partial charge in [0.15, 0.2) is 0 Å². The first-order chi connectivity index (χ1) is 17.1. The normalized spacial score (nSPS) is 17.7. The fourth-order valence-corrected chi connectivity index (χ4v) is 4.12. The van der Waals surface area contributed by atoms with Gasteiger partial charge < -0.3 is 19.5 Å². The van der Waals surface area contributed by atoms with Gasteiger partial charge in [-0.25, -0.2) is 19.6 Å². The van der Waals surface area contributed by atoms with Crippen LogP contribution in [0.3, 0.4) is 0 Å². The van der Waals surface area contributed by atoms with E-state index in [1.807, 2.05) is 13.3 Å². The van der Waals surface area contributed by atoms with Gasteiger partial charge in [-0.2, -0.15) is 26.3 Å². The first-order valence-electron chi connectivity index (χ1n) is 10.9. The molecule has 0 bridgehead atoms. The number of aryl methyl sites for hydroxylation is 2. The molecule has 2 aromatic rings. The van der Waals surface area contributed by atoms with Crippen LogP contribution in [0, 0.1) is 12.8 Å². The van der Waals surface area contributed by atoms with Gasteiger partial charge in [0.2, 0.25) is 0 Å². The Labute approximate surface area is 211 Å². The number of aromatic nitrogens is 3. The van der Waals surface area contributed by atoms with Crippen LogP contribution < -0.4 is 0 Å². The number of nitrogens with zero attached hydrogens (tertiary/aromatic N) is 4. The minimum atomic E-state index is -5.08. The lowest BCUT2D eigenvalue weighted by molar-refractivity contribution is -0.193. The lowest BCUT2D eigenvalue weighted by atomic mass is 9.98. The first-order valence-corrected chi connectivity index (χ1v) is 11.8. The fraction of sp³-hybridized carbons (Fsp3) is 0.619. The molecule has 1 unspecified atom stereocenters. The predicted molar refractivity (Wildman–Crippen MR) is 118 cm³/mol. The Kier molecular flexibility index (Phi) is 10.5. The van der Waals surface area contributed by atoms with Crippen molar-refractivity contribution in [3.8, 4) is 0 Å². The molecule has 1 saturated carbocycles. The number of carboxylic acids is 2. The first kappa shape index (κ1) is 30.5. The zero-order chi connectivity index (χ0) is 28.0.